The first kappa shape index (κ1) is 7.28. The van der Waals surface area contributed by atoms with Crippen LogP contribution in [0.3, 0.4) is 0 Å². The van der Waals surface area contributed by atoms with Crippen molar-refractivity contribution in [2.24, 2.45) is 0 Å². The Labute approximate surface area is 60.0 Å². The zero-order valence-corrected chi connectivity index (χ0v) is 6.18. The highest BCUT2D eigenvalue weighted by molar-refractivity contribution is 5.10. The molecule has 1 aromatic heterocycles. The lowest BCUT2D eigenvalue weighted by atomic mass is 10.4. The SMILES string of the molecule is [CH2]c1nc(COC)oc1C. The topological polar surface area (TPSA) is 35.3 Å². The number of aromatic nitrogens is 1. The summed E-state index contributed by atoms with van der Waals surface area (Å²) < 4.78 is 9.97. The normalized spacial score (nSPS) is 10.3. The summed E-state index contributed by atoms with van der Waals surface area (Å²) in [5.74, 6) is 1.34. The lowest BCUT2D eigenvalue weighted by molar-refractivity contribution is 0.158. The number of ether oxygens (including phenoxy) is 1. The molecule has 0 saturated heterocycles. The molecule has 0 aliphatic carbocycles. The minimum atomic E-state index is 0.413. The van der Waals surface area contributed by atoms with Crippen molar-refractivity contribution in [3.63, 3.8) is 0 Å². The largest absolute Gasteiger partial charge is 0.443 e. The maximum Gasteiger partial charge on any atom is 0.220 e. The molecule has 0 unspecified atom stereocenters. The fourth-order valence-corrected chi connectivity index (χ4v) is 0.673. The van der Waals surface area contributed by atoms with Crippen molar-refractivity contribution in [3.8, 4) is 0 Å². The maximum absolute atomic E-state index is 5.16. The summed E-state index contributed by atoms with van der Waals surface area (Å²) >= 11 is 0. The van der Waals surface area contributed by atoms with E-state index in [1.54, 1.807) is 7.11 Å². The lowest BCUT2D eigenvalue weighted by Crippen LogP contribution is -1.85. The molecule has 3 heteroatoms. The molecule has 0 saturated carbocycles. The summed E-state index contributed by atoms with van der Waals surface area (Å²) in [4.78, 5) is 4.00. The zero-order chi connectivity index (χ0) is 7.56. The number of nitrogens with zero attached hydrogens (tertiary/aromatic N) is 1. The first-order valence-electron chi connectivity index (χ1n) is 3.01. The van der Waals surface area contributed by atoms with E-state index in [0.29, 0.717) is 18.2 Å². The van der Waals surface area contributed by atoms with Crippen LogP contribution in [0.2, 0.25) is 0 Å². The molecule has 0 N–H and O–H groups in total. The molecule has 1 heterocycles. The first-order valence-corrected chi connectivity index (χ1v) is 3.01. The Morgan fingerprint density at radius 2 is 2.40 bits per heavy atom. The number of hydrogen-bond acceptors (Lipinski definition) is 3. The Balaban J connectivity index is 2.77. The van der Waals surface area contributed by atoms with E-state index in [2.05, 4.69) is 11.9 Å². The van der Waals surface area contributed by atoms with Crippen LogP contribution in [0.25, 0.3) is 0 Å². The Morgan fingerprint density at radius 1 is 1.70 bits per heavy atom. The van der Waals surface area contributed by atoms with Crippen LogP contribution in [0.15, 0.2) is 4.42 Å². The highest BCUT2D eigenvalue weighted by Gasteiger charge is 2.03. The summed E-state index contributed by atoms with van der Waals surface area (Å²) in [5, 5.41) is 0. The number of methoxy groups -OCH3 is 1. The third-order valence-corrected chi connectivity index (χ3v) is 1.20. The van der Waals surface area contributed by atoms with Crippen LogP contribution in [0, 0.1) is 13.8 Å². The summed E-state index contributed by atoms with van der Waals surface area (Å²) in [5.41, 5.74) is 0.687. The van der Waals surface area contributed by atoms with Crippen molar-refractivity contribution in [1.82, 2.24) is 4.98 Å². The van der Waals surface area contributed by atoms with Crippen molar-refractivity contribution in [2.75, 3.05) is 7.11 Å². The van der Waals surface area contributed by atoms with Gasteiger partial charge in [0.1, 0.15) is 12.4 Å². The Hall–Kier alpha value is -0.830. The van der Waals surface area contributed by atoms with E-state index in [0.717, 1.165) is 5.76 Å². The van der Waals surface area contributed by atoms with Crippen molar-refractivity contribution >= 4 is 0 Å². The lowest BCUT2D eigenvalue weighted by Gasteiger charge is -1.88. The van der Waals surface area contributed by atoms with Crippen molar-refractivity contribution in [1.29, 1.82) is 0 Å². The second-order valence-electron chi connectivity index (χ2n) is 2.04. The smallest absolute Gasteiger partial charge is 0.220 e. The minimum Gasteiger partial charge on any atom is -0.443 e. The van der Waals surface area contributed by atoms with E-state index >= 15 is 0 Å². The van der Waals surface area contributed by atoms with E-state index in [9.17, 15) is 0 Å². The summed E-state index contributed by atoms with van der Waals surface area (Å²) in [6.07, 6.45) is 0. The van der Waals surface area contributed by atoms with E-state index in [-0.39, 0.29) is 0 Å². The molecule has 1 aromatic rings. The molecule has 1 rings (SSSR count). The van der Waals surface area contributed by atoms with Gasteiger partial charge >= 0.3 is 0 Å². The second-order valence-corrected chi connectivity index (χ2v) is 2.04. The number of aryl methyl sites for hydroxylation is 1. The molecule has 10 heavy (non-hydrogen) atoms. The van der Waals surface area contributed by atoms with Gasteiger partial charge in [0.2, 0.25) is 5.89 Å². The van der Waals surface area contributed by atoms with E-state index in [4.69, 9.17) is 9.15 Å². The summed E-state index contributed by atoms with van der Waals surface area (Å²) in [6, 6.07) is 0. The van der Waals surface area contributed by atoms with Crippen LogP contribution in [-0.2, 0) is 11.3 Å². The average molecular weight is 140 g/mol. The monoisotopic (exact) mass is 140 g/mol. The second kappa shape index (κ2) is 2.84. The fourth-order valence-electron chi connectivity index (χ4n) is 0.673. The molecule has 0 aliphatic rings. The predicted molar refractivity (Wildman–Crippen MR) is 36.4 cm³/mol. The van der Waals surface area contributed by atoms with Crippen LogP contribution in [0.5, 0.6) is 0 Å². The number of oxazole rings is 1. The third-order valence-electron chi connectivity index (χ3n) is 1.20. The molecular formula is C7H10NO2. The van der Waals surface area contributed by atoms with Gasteiger partial charge < -0.3 is 9.15 Å². The fraction of sp³-hybridized carbons (Fsp3) is 0.429. The molecule has 0 fully saturated rings. The Morgan fingerprint density at radius 3 is 2.80 bits per heavy atom. The first-order chi connectivity index (χ1) is 4.74. The molecule has 0 atom stereocenters. The molecule has 0 amide bonds. The van der Waals surface area contributed by atoms with E-state index in [1.165, 1.54) is 0 Å². The Bertz CT molecular complexity index is 198. The molecule has 3 nitrogen and oxygen atoms in total. The van der Waals surface area contributed by atoms with Gasteiger partial charge in [0.15, 0.2) is 0 Å². The van der Waals surface area contributed by atoms with Crippen molar-refractivity contribution in [2.45, 2.75) is 13.5 Å². The van der Waals surface area contributed by atoms with Gasteiger partial charge in [0.05, 0.1) is 5.69 Å². The van der Waals surface area contributed by atoms with Gasteiger partial charge in [0, 0.05) is 7.11 Å². The van der Waals surface area contributed by atoms with Gasteiger partial charge in [0.25, 0.3) is 0 Å². The van der Waals surface area contributed by atoms with E-state index < -0.39 is 0 Å². The molecule has 0 spiro atoms. The highest BCUT2D eigenvalue weighted by atomic mass is 16.5. The van der Waals surface area contributed by atoms with Gasteiger partial charge in [-0.15, -0.1) is 0 Å². The number of hydrogen-bond donors (Lipinski definition) is 0. The molecule has 55 valence electrons. The molecule has 1 radical (unpaired) electrons. The van der Waals surface area contributed by atoms with Crippen molar-refractivity contribution < 1.29 is 9.15 Å². The molecular weight excluding hydrogens is 130 g/mol. The van der Waals surface area contributed by atoms with Gasteiger partial charge in [-0.25, -0.2) is 4.98 Å². The highest BCUT2D eigenvalue weighted by Crippen LogP contribution is 2.08. The summed E-state index contributed by atoms with van der Waals surface area (Å²) in [7, 11) is 1.60. The standard InChI is InChI=1S/C7H10NO2/c1-5-6(2)10-7(8-5)4-9-3/h1,4H2,2-3H3. The third kappa shape index (κ3) is 1.36. The average Bonchev–Trinajstić information content (AvgIpc) is 2.14. The molecule has 0 aliphatic heterocycles. The maximum atomic E-state index is 5.16. The molecule has 0 aromatic carbocycles. The number of rotatable bonds is 2. The zero-order valence-electron chi connectivity index (χ0n) is 6.18. The minimum absolute atomic E-state index is 0.413. The van der Waals surface area contributed by atoms with Crippen LogP contribution in [-0.4, -0.2) is 12.1 Å². The van der Waals surface area contributed by atoms with Crippen LogP contribution in [0.4, 0.5) is 0 Å². The van der Waals surface area contributed by atoms with Gasteiger partial charge in [-0.1, -0.05) is 0 Å². The quantitative estimate of drug-likeness (QED) is 0.621. The summed E-state index contributed by atoms with van der Waals surface area (Å²) in [6.45, 7) is 5.90. The van der Waals surface area contributed by atoms with Crippen LogP contribution in [0.1, 0.15) is 17.3 Å². The van der Waals surface area contributed by atoms with Gasteiger partial charge in [-0.05, 0) is 13.8 Å². The van der Waals surface area contributed by atoms with Gasteiger partial charge in [-0.2, -0.15) is 0 Å². The predicted octanol–water partition coefficient (Wildman–Crippen LogP) is 1.31. The van der Waals surface area contributed by atoms with E-state index in [1.807, 2.05) is 6.92 Å². The Kier molecular flexibility index (Phi) is 2.06. The van der Waals surface area contributed by atoms with Crippen molar-refractivity contribution in [3.05, 3.63) is 24.3 Å². The van der Waals surface area contributed by atoms with Gasteiger partial charge in [-0.3, -0.25) is 0 Å². The molecule has 0 bridgehead atoms. The van der Waals surface area contributed by atoms with Crippen LogP contribution < -0.4 is 0 Å². The van der Waals surface area contributed by atoms with Crippen LogP contribution >= 0.6 is 0 Å².